The number of aromatic hydroxyl groups is 1. The van der Waals surface area contributed by atoms with Gasteiger partial charge in [-0.25, -0.2) is 0 Å². The molecule has 1 aromatic carbocycles. The van der Waals surface area contributed by atoms with Crippen molar-refractivity contribution in [1.82, 2.24) is 0 Å². The van der Waals surface area contributed by atoms with Crippen molar-refractivity contribution in [3.63, 3.8) is 0 Å². The predicted octanol–water partition coefficient (Wildman–Crippen LogP) is 10.5. The first kappa shape index (κ1) is 27.6. The van der Waals surface area contributed by atoms with Crippen molar-refractivity contribution in [3.05, 3.63) is 28.8 Å². The number of phenols is 1. The highest BCUT2D eigenvalue weighted by atomic mass is 32.2. The minimum atomic E-state index is 0.522. The van der Waals surface area contributed by atoms with Crippen LogP contribution in [-0.4, -0.2) is 10.4 Å². The second kappa shape index (κ2) is 16.1. The SMILES string of the molecule is CC.CCCC(CCC)c1cc(C2CCCCC2)cc(CSC2CCCCCCC2)c1O. The number of phenolic OH excluding ortho intramolecular Hbond substituents is 1. The van der Waals surface area contributed by atoms with Crippen LogP contribution < -0.4 is 0 Å². The summed E-state index contributed by atoms with van der Waals surface area (Å²) < 4.78 is 0. The summed E-state index contributed by atoms with van der Waals surface area (Å²) in [7, 11) is 0. The van der Waals surface area contributed by atoms with Crippen LogP contribution in [0.3, 0.4) is 0 Å². The predicted molar refractivity (Wildman–Crippen MR) is 145 cm³/mol. The van der Waals surface area contributed by atoms with Gasteiger partial charge in [-0.15, -0.1) is 0 Å². The van der Waals surface area contributed by atoms with Crippen molar-refractivity contribution in [2.24, 2.45) is 0 Å². The molecule has 1 nitrogen and oxygen atoms in total. The molecule has 0 bridgehead atoms. The molecule has 0 unspecified atom stereocenters. The summed E-state index contributed by atoms with van der Waals surface area (Å²) in [5.74, 6) is 2.87. The van der Waals surface area contributed by atoms with Crippen molar-refractivity contribution in [2.45, 2.75) is 153 Å². The Morgan fingerprint density at radius 3 is 1.94 bits per heavy atom. The highest BCUT2D eigenvalue weighted by molar-refractivity contribution is 7.99. The van der Waals surface area contributed by atoms with E-state index >= 15 is 0 Å². The Bertz CT molecular complexity index is 606. The zero-order valence-electron chi connectivity index (χ0n) is 21.8. The molecule has 2 saturated carbocycles. The molecule has 0 radical (unpaired) electrons. The fraction of sp³-hybridized carbons (Fsp3) is 0.800. The zero-order valence-corrected chi connectivity index (χ0v) is 22.6. The quantitative estimate of drug-likeness (QED) is 0.395. The van der Waals surface area contributed by atoms with E-state index in [1.54, 1.807) is 0 Å². The minimum absolute atomic E-state index is 0.522. The lowest BCUT2D eigenvalue weighted by atomic mass is 9.80. The van der Waals surface area contributed by atoms with Gasteiger partial charge in [0, 0.05) is 16.6 Å². The lowest BCUT2D eigenvalue weighted by molar-refractivity contribution is 0.433. The van der Waals surface area contributed by atoms with Crippen LogP contribution in [0, 0.1) is 0 Å². The molecule has 1 aromatic rings. The molecule has 1 N–H and O–H groups in total. The van der Waals surface area contributed by atoms with Gasteiger partial charge in [0.05, 0.1) is 0 Å². The smallest absolute Gasteiger partial charge is 0.123 e. The van der Waals surface area contributed by atoms with E-state index in [9.17, 15) is 5.11 Å². The third-order valence-electron chi connectivity index (χ3n) is 7.56. The Kier molecular flexibility index (Phi) is 13.9. The topological polar surface area (TPSA) is 20.2 Å². The molecule has 0 heterocycles. The van der Waals surface area contributed by atoms with Crippen LogP contribution in [0.15, 0.2) is 12.1 Å². The van der Waals surface area contributed by atoms with Crippen LogP contribution in [0.4, 0.5) is 0 Å². The molecular formula is C30H52OS. The van der Waals surface area contributed by atoms with Gasteiger partial charge >= 0.3 is 0 Å². The van der Waals surface area contributed by atoms with Crippen LogP contribution in [-0.2, 0) is 5.75 Å². The van der Waals surface area contributed by atoms with E-state index in [1.807, 2.05) is 13.8 Å². The molecule has 0 aromatic heterocycles. The van der Waals surface area contributed by atoms with Crippen molar-refractivity contribution in [3.8, 4) is 5.75 Å². The third kappa shape index (κ3) is 8.62. The van der Waals surface area contributed by atoms with E-state index < -0.39 is 0 Å². The van der Waals surface area contributed by atoms with Gasteiger partial charge in [-0.1, -0.05) is 104 Å². The van der Waals surface area contributed by atoms with Crippen molar-refractivity contribution in [1.29, 1.82) is 0 Å². The summed E-state index contributed by atoms with van der Waals surface area (Å²) in [6, 6.07) is 4.82. The van der Waals surface area contributed by atoms with Crippen LogP contribution in [0.5, 0.6) is 5.75 Å². The van der Waals surface area contributed by atoms with Gasteiger partial charge in [-0.05, 0) is 61.5 Å². The largest absolute Gasteiger partial charge is 0.507 e. The molecular weight excluding hydrogens is 408 g/mol. The third-order valence-corrected chi connectivity index (χ3v) is 8.98. The number of thioether (sulfide) groups is 1. The molecule has 2 aliphatic carbocycles. The highest BCUT2D eigenvalue weighted by Crippen LogP contribution is 2.42. The molecule has 0 aliphatic heterocycles. The molecule has 0 atom stereocenters. The van der Waals surface area contributed by atoms with Crippen LogP contribution in [0.2, 0.25) is 0 Å². The van der Waals surface area contributed by atoms with Crippen LogP contribution >= 0.6 is 11.8 Å². The van der Waals surface area contributed by atoms with Gasteiger partial charge in [-0.3, -0.25) is 0 Å². The van der Waals surface area contributed by atoms with Gasteiger partial charge in [-0.2, -0.15) is 11.8 Å². The Morgan fingerprint density at radius 1 is 0.812 bits per heavy atom. The molecule has 184 valence electrons. The van der Waals surface area contributed by atoms with Gasteiger partial charge in [0.2, 0.25) is 0 Å². The fourth-order valence-electron chi connectivity index (χ4n) is 5.78. The first-order valence-electron chi connectivity index (χ1n) is 14.2. The molecule has 2 aliphatic rings. The van der Waals surface area contributed by atoms with Crippen molar-refractivity contribution >= 4 is 11.8 Å². The molecule has 32 heavy (non-hydrogen) atoms. The second-order valence-electron chi connectivity index (χ2n) is 10.0. The molecule has 0 saturated heterocycles. The second-order valence-corrected chi connectivity index (χ2v) is 11.3. The standard InChI is InChI=1S/C28H46OS.C2H6/c1-3-13-23(14-4-2)27-20-24(22-15-9-8-10-16-22)19-25(28(27)29)21-30-26-17-11-6-5-7-12-18-26;1-2/h19-20,22-23,26,29H,3-18,21H2,1-2H3;1-2H3. The monoisotopic (exact) mass is 460 g/mol. The summed E-state index contributed by atoms with van der Waals surface area (Å²) in [5, 5.41) is 12.1. The maximum atomic E-state index is 11.4. The zero-order chi connectivity index (χ0) is 23.2. The minimum Gasteiger partial charge on any atom is -0.507 e. The maximum Gasteiger partial charge on any atom is 0.123 e. The molecule has 0 spiro atoms. The lowest BCUT2D eigenvalue weighted by Crippen LogP contribution is -2.09. The Balaban J connectivity index is 0.00000176. The molecule has 0 amide bonds. The highest BCUT2D eigenvalue weighted by Gasteiger charge is 2.23. The Hall–Kier alpha value is -0.630. The molecule has 3 rings (SSSR count). The average molecular weight is 461 g/mol. The summed E-state index contributed by atoms with van der Waals surface area (Å²) in [6.45, 7) is 8.58. The van der Waals surface area contributed by atoms with Gasteiger partial charge < -0.3 is 5.11 Å². The number of hydrogen-bond acceptors (Lipinski definition) is 2. The van der Waals surface area contributed by atoms with Crippen molar-refractivity contribution in [2.75, 3.05) is 0 Å². The van der Waals surface area contributed by atoms with Crippen molar-refractivity contribution < 1.29 is 5.11 Å². The first-order chi connectivity index (χ1) is 15.7. The van der Waals surface area contributed by atoms with Crippen LogP contribution in [0.25, 0.3) is 0 Å². The lowest BCUT2D eigenvalue weighted by Gasteiger charge is -2.27. The Labute approximate surface area is 204 Å². The number of rotatable bonds is 9. The average Bonchev–Trinajstić information content (AvgIpc) is 2.81. The van der Waals surface area contributed by atoms with E-state index in [0.717, 1.165) is 11.0 Å². The van der Waals surface area contributed by atoms with Gasteiger partial charge in [0.1, 0.15) is 5.75 Å². The number of benzene rings is 1. The van der Waals surface area contributed by atoms with E-state index in [4.69, 9.17) is 0 Å². The van der Waals surface area contributed by atoms with Crippen LogP contribution in [0.1, 0.15) is 159 Å². The van der Waals surface area contributed by atoms with E-state index in [-0.39, 0.29) is 0 Å². The molecule has 2 heteroatoms. The summed E-state index contributed by atoms with van der Waals surface area (Å²) >= 11 is 2.13. The first-order valence-corrected chi connectivity index (χ1v) is 15.2. The fourth-order valence-corrected chi connectivity index (χ4v) is 7.08. The summed E-state index contributed by atoms with van der Waals surface area (Å²) in [4.78, 5) is 0. The Morgan fingerprint density at radius 2 is 1.34 bits per heavy atom. The number of hydrogen-bond donors (Lipinski definition) is 1. The van der Waals surface area contributed by atoms with Gasteiger partial charge in [0.15, 0.2) is 0 Å². The van der Waals surface area contributed by atoms with E-state index in [1.165, 1.54) is 119 Å². The summed E-state index contributed by atoms with van der Waals surface area (Å²) in [5.41, 5.74) is 4.04. The van der Waals surface area contributed by atoms with E-state index in [2.05, 4.69) is 37.7 Å². The van der Waals surface area contributed by atoms with E-state index in [0.29, 0.717) is 17.6 Å². The summed E-state index contributed by atoms with van der Waals surface area (Å²) in [6.07, 6.45) is 21.4. The van der Waals surface area contributed by atoms with Gasteiger partial charge in [0.25, 0.3) is 0 Å². The molecule has 2 fully saturated rings. The normalized spacial score (nSPS) is 18.7. The maximum absolute atomic E-state index is 11.4.